The van der Waals surface area contributed by atoms with Gasteiger partial charge in [-0.3, -0.25) is 9.48 Å². The average Bonchev–Trinajstić information content (AvgIpc) is 2.85. The van der Waals surface area contributed by atoms with E-state index >= 15 is 0 Å². The minimum Gasteiger partial charge on any atom is -0.301 e. The monoisotopic (exact) mass is 221 g/mol. The third-order valence-electron chi connectivity index (χ3n) is 3.38. The number of carbonyl (C=O) groups excluding carboxylic acids is 1. The number of carbonyl (C=O) groups is 1. The largest absolute Gasteiger partial charge is 0.301 e. The Morgan fingerprint density at radius 1 is 1.25 bits per heavy atom. The van der Waals surface area contributed by atoms with Crippen molar-refractivity contribution in [2.45, 2.75) is 33.2 Å². The van der Waals surface area contributed by atoms with E-state index in [2.05, 4.69) is 10.00 Å². The smallest absolute Gasteiger partial charge is 0.153 e. The van der Waals surface area contributed by atoms with Crippen molar-refractivity contribution >= 4 is 6.29 Å². The molecule has 0 spiro atoms. The van der Waals surface area contributed by atoms with Gasteiger partial charge in [0.1, 0.15) is 0 Å². The Kier molecular flexibility index (Phi) is 3.39. The van der Waals surface area contributed by atoms with Gasteiger partial charge in [0.25, 0.3) is 0 Å². The van der Waals surface area contributed by atoms with Gasteiger partial charge in [-0.05, 0) is 39.8 Å². The SMILES string of the molecule is Cc1nn(CCN2CCCC2)c(C)c1C=O. The molecular formula is C12H19N3O. The molecule has 0 bridgehead atoms. The molecule has 2 rings (SSSR count). The fourth-order valence-corrected chi connectivity index (χ4v) is 2.34. The molecule has 0 amide bonds. The fourth-order valence-electron chi connectivity index (χ4n) is 2.34. The van der Waals surface area contributed by atoms with Crippen LogP contribution in [-0.2, 0) is 6.54 Å². The molecule has 0 saturated carbocycles. The normalized spacial score (nSPS) is 16.9. The molecule has 1 saturated heterocycles. The zero-order valence-corrected chi connectivity index (χ0v) is 10.1. The standard InChI is InChI=1S/C12H19N3O/c1-10-12(9-16)11(2)15(13-10)8-7-14-5-3-4-6-14/h9H,3-8H2,1-2H3. The fraction of sp³-hybridized carbons (Fsp3) is 0.667. The topological polar surface area (TPSA) is 38.1 Å². The van der Waals surface area contributed by atoms with Crippen LogP contribution < -0.4 is 0 Å². The molecule has 0 aromatic carbocycles. The molecule has 4 nitrogen and oxygen atoms in total. The lowest BCUT2D eigenvalue weighted by Gasteiger charge is -2.14. The van der Waals surface area contributed by atoms with Crippen molar-refractivity contribution in [2.75, 3.05) is 19.6 Å². The van der Waals surface area contributed by atoms with E-state index in [-0.39, 0.29) is 0 Å². The lowest BCUT2D eigenvalue weighted by atomic mass is 10.2. The Morgan fingerprint density at radius 3 is 2.50 bits per heavy atom. The van der Waals surface area contributed by atoms with Crippen LogP contribution in [0.1, 0.15) is 34.6 Å². The maximum absolute atomic E-state index is 10.9. The minimum absolute atomic E-state index is 0.751. The van der Waals surface area contributed by atoms with Gasteiger partial charge in [-0.1, -0.05) is 0 Å². The number of aryl methyl sites for hydroxylation is 1. The van der Waals surface area contributed by atoms with Crippen LogP contribution in [0.5, 0.6) is 0 Å². The van der Waals surface area contributed by atoms with Gasteiger partial charge in [0.2, 0.25) is 0 Å². The summed E-state index contributed by atoms with van der Waals surface area (Å²) in [5.41, 5.74) is 2.59. The molecule has 2 heterocycles. The highest BCUT2D eigenvalue weighted by Crippen LogP contribution is 2.11. The van der Waals surface area contributed by atoms with E-state index < -0.39 is 0 Å². The molecule has 0 aliphatic carbocycles. The first kappa shape index (κ1) is 11.3. The van der Waals surface area contributed by atoms with Crippen LogP contribution in [0.25, 0.3) is 0 Å². The van der Waals surface area contributed by atoms with Crippen molar-refractivity contribution in [3.05, 3.63) is 17.0 Å². The Balaban J connectivity index is 2.01. The number of likely N-dealkylation sites (tertiary alicyclic amines) is 1. The molecule has 0 radical (unpaired) electrons. The lowest BCUT2D eigenvalue weighted by Crippen LogP contribution is -2.24. The van der Waals surface area contributed by atoms with Crippen LogP contribution in [0.4, 0.5) is 0 Å². The van der Waals surface area contributed by atoms with E-state index in [4.69, 9.17) is 0 Å². The van der Waals surface area contributed by atoms with Crippen LogP contribution in [-0.4, -0.2) is 40.6 Å². The van der Waals surface area contributed by atoms with Crippen LogP contribution >= 0.6 is 0 Å². The summed E-state index contributed by atoms with van der Waals surface area (Å²) in [5, 5.41) is 4.40. The highest BCUT2D eigenvalue weighted by atomic mass is 16.1. The number of aldehydes is 1. The van der Waals surface area contributed by atoms with Crippen molar-refractivity contribution in [1.82, 2.24) is 14.7 Å². The predicted molar refractivity (Wildman–Crippen MR) is 62.8 cm³/mol. The Labute approximate surface area is 96.2 Å². The molecule has 1 aromatic rings. The summed E-state index contributed by atoms with van der Waals surface area (Å²) in [6.07, 6.45) is 3.54. The molecule has 0 N–H and O–H groups in total. The first-order chi connectivity index (χ1) is 7.72. The third kappa shape index (κ3) is 2.16. The molecule has 0 unspecified atom stereocenters. The third-order valence-corrected chi connectivity index (χ3v) is 3.38. The first-order valence-electron chi connectivity index (χ1n) is 5.94. The number of hydrogen-bond acceptors (Lipinski definition) is 3. The zero-order valence-electron chi connectivity index (χ0n) is 10.1. The van der Waals surface area contributed by atoms with Crippen LogP contribution in [0.15, 0.2) is 0 Å². The van der Waals surface area contributed by atoms with E-state index in [1.165, 1.54) is 25.9 Å². The van der Waals surface area contributed by atoms with E-state index in [0.717, 1.165) is 36.3 Å². The maximum atomic E-state index is 10.9. The van der Waals surface area contributed by atoms with Gasteiger partial charge < -0.3 is 4.90 Å². The van der Waals surface area contributed by atoms with E-state index in [1.807, 2.05) is 18.5 Å². The van der Waals surface area contributed by atoms with Gasteiger partial charge in [-0.25, -0.2) is 0 Å². The molecule has 88 valence electrons. The van der Waals surface area contributed by atoms with Gasteiger partial charge >= 0.3 is 0 Å². The average molecular weight is 221 g/mol. The summed E-state index contributed by atoms with van der Waals surface area (Å²) in [6, 6.07) is 0. The molecule has 1 aliphatic heterocycles. The molecule has 1 aliphatic rings. The van der Waals surface area contributed by atoms with Crippen LogP contribution in [0.2, 0.25) is 0 Å². The maximum Gasteiger partial charge on any atom is 0.153 e. The highest BCUT2D eigenvalue weighted by Gasteiger charge is 2.14. The Morgan fingerprint density at radius 2 is 1.94 bits per heavy atom. The van der Waals surface area contributed by atoms with E-state index in [0.29, 0.717) is 0 Å². The number of aromatic nitrogens is 2. The number of rotatable bonds is 4. The highest BCUT2D eigenvalue weighted by molar-refractivity contribution is 5.77. The second-order valence-electron chi connectivity index (χ2n) is 4.47. The molecule has 4 heteroatoms. The minimum atomic E-state index is 0.751. The van der Waals surface area contributed by atoms with Crippen LogP contribution in [0, 0.1) is 13.8 Å². The molecule has 16 heavy (non-hydrogen) atoms. The van der Waals surface area contributed by atoms with Gasteiger partial charge in [0, 0.05) is 12.2 Å². The van der Waals surface area contributed by atoms with Gasteiger partial charge in [-0.2, -0.15) is 5.10 Å². The van der Waals surface area contributed by atoms with Gasteiger partial charge in [0.05, 0.1) is 17.8 Å². The Bertz CT molecular complexity index is 378. The van der Waals surface area contributed by atoms with Gasteiger partial charge in [0.15, 0.2) is 6.29 Å². The first-order valence-corrected chi connectivity index (χ1v) is 5.94. The van der Waals surface area contributed by atoms with Crippen molar-refractivity contribution in [1.29, 1.82) is 0 Å². The van der Waals surface area contributed by atoms with E-state index in [9.17, 15) is 4.79 Å². The molecule has 1 aromatic heterocycles. The molecule has 0 atom stereocenters. The van der Waals surface area contributed by atoms with E-state index in [1.54, 1.807) is 0 Å². The van der Waals surface area contributed by atoms with Crippen molar-refractivity contribution in [3.8, 4) is 0 Å². The van der Waals surface area contributed by atoms with Crippen molar-refractivity contribution in [3.63, 3.8) is 0 Å². The van der Waals surface area contributed by atoms with Crippen LogP contribution in [0.3, 0.4) is 0 Å². The summed E-state index contributed by atoms with van der Waals surface area (Å²) in [6.45, 7) is 8.21. The van der Waals surface area contributed by atoms with Gasteiger partial charge in [-0.15, -0.1) is 0 Å². The molecule has 1 fully saturated rings. The molecular weight excluding hydrogens is 202 g/mol. The summed E-state index contributed by atoms with van der Waals surface area (Å²) in [4.78, 5) is 13.3. The quantitative estimate of drug-likeness (QED) is 0.721. The lowest BCUT2D eigenvalue weighted by molar-refractivity contribution is 0.112. The second kappa shape index (κ2) is 4.78. The van der Waals surface area contributed by atoms with Crippen molar-refractivity contribution < 1.29 is 4.79 Å². The summed E-state index contributed by atoms with van der Waals surface area (Å²) >= 11 is 0. The summed E-state index contributed by atoms with van der Waals surface area (Å²) < 4.78 is 1.96. The summed E-state index contributed by atoms with van der Waals surface area (Å²) in [7, 11) is 0. The second-order valence-corrected chi connectivity index (χ2v) is 4.47. The Hall–Kier alpha value is -1.16. The number of nitrogens with zero attached hydrogens (tertiary/aromatic N) is 3. The predicted octanol–water partition coefficient (Wildman–Crippen LogP) is 1.41. The van der Waals surface area contributed by atoms with Crippen molar-refractivity contribution in [2.24, 2.45) is 0 Å². The zero-order chi connectivity index (χ0) is 11.5. The summed E-state index contributed by atoms with van der Waals surface area (Å²) in [5.74, 6) is 0. The number of hydrogen-bond donors (Lipinski definition) is 0.